The van der Waals surface area contributed by atoms with Crippen LogP contribution in [0.3, 0.4) is 0 Å². The van der Waals surface area contributed by atoms with E-state index in [4.69, 9.17) is 21.4 Å². The number of alkyl halides is 1. The van der Waals surface area contributed by atoms with Crippen LogP contribution in [0, 0.1) is 0 Å². The maximum Gasteiger partial charge on any atom is 0.0779 e. The lowest BCUT2D eigenvalue weighted by Crippen LogP contribution is -2.11. The molecule has 1 atom stereocenters. The third-order valence-corrected chi connectivity index (χ3v) is 2.46. The van der Waals surface area contributed by atoms with Gasteiger partial charge in [0.2, 0.25) is 0 Å². The molecule has 0 bridgehead atoms. The topological polar surface area (TPSA) is 29.5 Å². The van der Waals surface area contributed by atoms with Crippen LogP contribution in [0.5, 0.6) is 0 Å². The molecule has 0 aliphatic heterocycles. The van der Waals surface area contributed by atoms with Gasteiger partial charge in [0.1, 0.15) is 0 Å². The Morgan fingerprint density at radius 2 is 2.29 bits per heavy atom. The minimum atomic E-state index is 0.0484. The Labute approximate surface area is 91.2 Å². The molecule has 1 N–H and O–H groups in total. The monoisotopic (exact) mass is 218 g/mol. The van der Waals surface area contributed by atoms with Crippen LogP contribution in [0.1, 0.15) is 19.8 Å². The van der Waals surface area contributed by atoms with Crippen LogP contribution in [0.4, 0.5) is 0 Å². The fourth-order valence-corrected chi connectivity index (χ4v) is 1.48. The Kier molecular flexibility index (Phi) is 7.86. The quantitative estimate of drug-likeness (QED) is 0.526. The first-order valence-electron chi connectivity index (χ1n) is 4.68. The summed E-state index contributed by atoms with van der Waals surface area (Å²) in [6, 6.07) is 0. The molecule has 0 aromatic carbocycles. The zero-order valence-corrected chi connectivity index (χ0v) is 9.68. The summed E-state index contributed by atoms with van der Waals surface area (Å²) >= 11 is 5.71. The number of methoxy groups -OCH3 is 1. The molecule has 0 unspecified atom stereocenters. The Morgan fingerprint density at radius 3 is 2.64 bits per heavy atom. The zero-order chi connectivity index (χ0) is 11.0. The van der Waals surface area contributed by atoms with Crippen molar-refractivity contribution in [2.75, 3.05) is 19.6 Å². The lowest BCUT2D eigenvalue weighted by molar-refractivity contribution is 0.125. The standard InChI is InChI=1S/C11H19ClO2/c1-9(2)11(14-3)5-4-10(8-12)6-7-13/h6,11,13H,1,4-5,7-8H2,2-3H3/b10-6-/t11-/m0/s1. The SMILES string of the molecule is C=C(C)[C@H](CC/C(=C/CO)CCl)OC. The van der Waals surface area contributed by atoms with Crippen molar-refractivity contribution in [2.24, 2.45) is 0 Å². The molecule has 0 heterocycles. The smallest absolute Gasteiger partial charge is 0.0779 e. The van der Waals surface area contributed by atoms with Gasteiger partial charge in [-0.25, -0.2) is 0 Å². The minimum Gasteiger partial charge on any atom is -0.392 e. The van der Waals surface area contributed by atoms with Gasteiger partial charge in [-0.3, -0.25) is 0 Å². The van der Waals surface area contributed by atoms with Gasteiger partial charge >= 0.3 is 0 Å². The van der Waals surface area contributed by atoms with Crippen molar-refractivity contribution in [3.8, 4) is 0 Å². The first-order valence-corrected chi connectivity index (χ1v) is 5.22. The first-order chi connectivity index (χ1) is 6.65. The van der Waals surface area contributed by atoms with Crippen molar-refractivity contribution in [1.82, 2.24) is 0 Å². The molecule has 3 heteroatoms. The molecule has 0 aromatic heterocycles. The van der Waals surface area contributed by atoms with Crippen molar-refractivity contribution >= 4 is 11.6 Å². The first kappa shape index (κ1) is 13.7. The Morgan fingerprint density at radius 1 is 1.64 bits per heavy atom. The van der Waals surface area contributed by atoms with Gasteiger partial charge in [-0.2, -0.15) is 0 Å². The summed E-state index contributed by atoms with van der Waals surface area (Å²) < 4.78 is 5.25. The number of allylic oxidation sites excluding steroid dienone is 1. The van der Waals surface area contributed by atoms with E-state index in [2.05, 4.69) is 6.58 Å². The summed E-state index contributed by atoms with van der Waals surface area (Å²) in [5.74, 6) is 0.465. The average Bonchev–Trinajstić information content (AvgIpc) is 2.16. The van der Waals surface area contributed by atoms with Crippen LogP contribution in [0.2, 0.25) is 0 Å². The van der Waals surface area contributed by atoms with Crippen molar-refractivity contribution in [3.05, 3.63) is 23.8 Å². The molecule has 0 aliphatic carbocycles. The predicted octanol–water partition coefficient (Wildman–Crippen LogP) is 2.52. The maximum absolute atomic E-state index is 8.72. The van der Waals surface area contributed by atoms with Crippen LogP contribution in [0.25, 0.3) is 0 Å². The Balaban J connectivity index is 4.00. The summed E-state index contributed by atoms with van der Waals surface area (Å²) in [4.78, 5) is 0. The normalized spacial score (nSPS) is 14.1. The number of aliphatic hydroxyl groups excluding tert-OH is 1. The molecule has 0 radical (unpaired) electrons. The Hall–Kier alpha value is -0.310. The second-order valence-corrected chi connectivity index (χ2v) is 3.56. The number of halogens is 1. The van der Waals surface area contributed by atoms with Gasteiger partial charge in [-0.05, 0) is 19.8 Å². The van der Waals surface area contributed by atoms with Gasteiger partial charge in [0.05, 0.1) is 12.7 Å². The van der Waals surface area contributed by atoms with E-state index >= 15 is 0 Å². The highest BCUT2D eigenvalue weighted by atomic mass is 35.5. The summed E-state index contributed by atoms with van der Waals surface area (Å²) in [6.45, 7) is 5.85. The van der Waals surface area contributed by atoms with E-state index in [0.717, 1.165) is 24.0 Å². The highest BCUT2D eigenvalue weighted by molar-refractivity contribution is 6.19. The number of hydrogen-bond donors (Lipinski definition) is 1. The summed E-state index contributed by atoms with van der Waals surface area (Å²) in [5, 5.41) is 8.72. The fourth-order valence-electron chi connectivity index (χ4n) is 1.23. The van der Waals surface area contributed by atoms with E-state index in [-0.39, 0.29) is 12.7 Å². The van der Waals surface area contributed by atoms with E-state index < -0.39 is 0 Å². The van der Waals surface area contributed by atoms with E-state index in [1.54, 1.807) is 13.2 Å². The van der Waals surface area contributed by atoms with Crippen LogP contribution in [-0.4, -0.2) is 30.8 Å². The molecule has 0 aromatic rings. The maximum atomic E-state index is 8.72. The molecule has 0 rings (SSSR count). The predicted molar refractivity (Wildman–Crippen MR) is 60.7 cm³/mol. The van der Waals surface area contributed by atoms with Gasteiger partial charge in [0, 0.05) is 13.0 Å². The summed E-state index contributed by atoms with van der Waals surface area (Å²) in [5.41, 5.74) is 2.07. The molecule has 0 saturated heterocycles. The van der Waals surface area contributed by atoms with Crippen LogP contribution in [0.15, 0.2) is 23.8 Å². The third-order valence-electron chi connectivity index (χ3n) is 2.11. The zero-order valence-electron chi connectivity index (χ0n) is 8.92. The van der Waals surface area contributed by atoms with E-state index in [0.29, 0.717) is 5.88 Å². The molecule has 14 heavy (non-hydrogen) atoms. The lowest BCUT2D eigenvalue weighted by Gasteiger charge is -2.15. The van der Waals surface area contributed by atoms with Gasteiger partial charge in [-0.15, -0.1) is 11.6 Å². The lowest BCUT2D eigenvalue weighted by atomic mass is 10.0. The molecule has 0 amide bonds. The van der Waals surface area contributed by atoms with Gasteiger partial charge in [-0.1, -0.05) is 23.8 Å². The Bertz CT molecular complexity index is 199. The number of rotatable bonds is 7. The second kappa shape index (κ2) is 8.04. The largest absolute Gasteiger partial charge is 0.392 e. The molecular weight excluding hydrogens is 200 g/mol. The second-order valence-electron chi connectivity index (χ2n) is 3.29. The molecule has 0 spiro atoms. The number of ether oxygens (including phenoxy) is 1. The van der Waals surface area contributed by atoms with Crippen molar-refractivity contribution in [2.45, 2.75) is 25.9 Å². The van der Waals surface area contributed by atoms with Gasteiger partial charge in [0.25, 0.3) is 0 Å². The van der Waals surface area contributed by atoms with Crippen LogP contribution < -0.4 is 0 Å². The fraction of sp³-hybridized carbons (Fsp3) is 0.636. The molecule has 0 fully saturated rings. The van der Waals surface area contributed by atoms with Crippen LogP contribution >= 0.6 is 11.6 Å². The van der Waals surface area contributed by atoms with E-state index in [9.17, 15) is 0 Å². The van der Waals surface area contributed by atoms with Crippen LogP contribution in [-0.2, 0) is 4.74 Å². The van der Waals surface area contributed by atoms with Crippen molar-refractivity contribution < 1.29 is 9.84 Å². The number of hydrogen-bond acceptors (Lipinski definition) is 2. The highest BCUT2D eigenvalue weighted by Gasteiger charge is 2.08. The minimum absolute atomic E-state index is 0.0484. The number of aliphatic hydroxyl groups is 1. The van der Waals surface area contributed by atoms with Gasteiger partial charge < -0.3 is 9.84 Å². The van der Waals surface area contributed by atoms with E-state index in [1.165, 1.54) is 0 Å². The third kappa shape index (κ3) is 5.43. The highest BCUT2D eigenvalue weighted by Crippen LogP contribution is 2.15. The molecule has 0 saturated carbocycles. The molecule has 0 aliphatic rings. The average molecular weight is 219 g/mol. The molecule has 2 nitrogen and oxygen atoms in total. The molecular formula is C11H19ClO2. The van der Waals surface area contributed by atoms with Crippen molar-refractivity contribution in [3.63, 3.8) is 0 Å². The van der Waals surface area contributed by atoms with Gasteiger partial charge in [0.15, 0.2) is 0 Å². The summed E-state index contributed by atoms with van der Waals surface area (Å²) in [7, 11) is 1.68. The van der Waals surface area contributed by atoms with Crippen molar-refractivity contribution in [1.29, 1.82) is 0 Å². The molecule has 82 valence electrons. The van der Waals surface area contributed by atoms with E-state index in [1.807, 2.05) is 6.92 Å². The summed E-state index contributed by atoms with van der Waals surface area (Å²) in [6.07, 6.45) is 3.54.